The quantitative estimate of drug-likeness (QED) is 0.728. The molecule has 19 heavy (non-hydrogen) atoms. The molecule has 5 heteroatoms. The standard InChI is InChI=1S/C14H13FN4/c1-8-9(2)19(11-6-4-3-5-10(11)15)14-12(8)13(16)17-7-18-14/h3-7H,1-2H3,(H2,16,17,18). The van der Waals surface area contributed by atoms with Crippen molar-refractivity contribution >= 4 is 16.9 Å². The van der Waals surface area contributed by atoms with E-state index in [1.807, 2.05) is 13.8 Å². The number of hydrogen-bond acceptors (Lipinski definition) is 3. The monoisotopic (exact) mass is 256 g/mol. The van der Waals surface area contributed by atoms with Gasteiger partial charge in [0.15, 0.2) is 5.65 Å². The summed E-state index contributed by atoms with van der Waals surface area (Å²) >= 11 is 0. The molecule has 0 atom stereocenters. The van der Waals surface area contributed by atoms with Crippen molar-refractivity contribution in [2.75, 3.05) is 5.73 Å². The van der Waals surface area contributed by atoms with E-state index in [-0.39, 0.29) is 5.82 Å². The van der Waals surface area contributed by atoms with Crippen molar-refractivity contribution in [1.82, 2.24) is 14.5 Å². The number of hydrogen-bond donors (Lipinski definition) is 1. The number of benzene rings is 1. The molecule has 0 aliphatic rings. The van der Waals surface area contributed by atoms with Gasteiger partial charge in [-0.1, -0.05) is 12.1 Å². The maximum atomic E-state index is 14.0. The fourth-order valence-corrected chi connectivity index (χ4v) is 2.35. The highest BCUT2D eigenvalue weighted by Crippen LogP contribution is 2.30. The van der Waals surface area contributed by atoms with Gasteiger partial charge in [0, 0.05) is 5.69 Å². The molecule has 1 aromatic carbocycles. The van der Waals surface area contributed by atoms with Gasteiger partial charge >= 0.3 is 0 Å². The summed E-state index contributed by atoms with van der Waals surface area (Å²) in [5, 5.41) is 0.781. The third-order valence-corrected chi connectivity index (χ3v) is 3.41. The summed E-state index contributed by atoms with van der Waals surface area (Å²) in [7, 11) is 0. The minimum absolute atomic E-state index is 0.292. The van der Waals surface area contributed by atoms with Crippen LogP contribution in [0, 0.1) is 19.7 Å². The van der Waals surface area contributed by atoms with Gasteiger partial charge in [-0.05, 0) is 31.5 Å². The van der Waals surface area contributed by atoms with Crippen LogP contribution in [-0.4, -0.2) is 14.5 Å². The Hall–Kier alpha value is -2.43. The lowest BCUT2D eigenvalue weighted by atomic mass is 10.2. The number of nitrogens with two attached hydrogens (primary N) is 1. The predicted molar refractivity (Wildman–Crippen MR) is 72.7 cm³/mol. The molecule has 3 aromatic rings. The second-order valence-electron chi connectivity index (χ2n) is 4.45. The van der Waals surface area contributed by atoms with Gasteiger partial charge in [0.05, 0.1) is 11.1 Å². The molecule has 3 rings (SSSR count). The molecule has 4 nitrogen and oxygen atoms in total. The SMILES string of the molecule is Cc1c(C)n(-c2ccccc2F)c2ncnc(N)c12. The maximum Gasteiger partial charge on any atom is 0.150 e. The molecule has 96 valence electrons. The minimum atomic E-state index is -0.292. The van der Waals surface area contributed by atoms with Crippen molar-refractivity contribution in [3.63, 3.8) is 0 Å². The molecule has 0 unspecified atom stereocenters. The molecular weight excluding hydrogens is 243 g/mol. The van der Waals surface area contributed by atoms with Crippen LogP contribution in [0.15, 0.2) is 30.6 Å². The van der Waals surface area contributed by atoms with Crippen LogP contribution < -0.4 is 5.73 Å². The Morgan fingerprint density at radius 2 is 1.89 bits per heavy atom. The zero-order valence-corrected chi connectivity index (χ0v) is 10.7. The van der Waals surface area contributed by atoms with E-state index in [0.717, 1.165) is 16.6 Å². The van der Waals surface area contributed by atoms with Gasteiger partial charge in [0.2, 0.25) is 0 Å². The zero-order valence-electron chi connectivity index (χ0n) is 10.7. The van der Waals surface area contributed by atoms with E-state index in [1.54, 1.807) is 22.8 Å². The Morgan fingerprint density at radius 3 is 2.63 bits per heavy atom. The molecule has 0 amide bonds. The maximum absolute atomic E-state index is 14.0. The molecule has 2 aromatic heterocycles. The van der Waals surface area contributed by atoms with Gasteiger partial charge in [-0.25, -0.2) is 14.4 Å². The summed E-state index contributed by atoms with van der Waals surface area (Å²) in [6.07, 6.45) is 1.40. The molecule has 0 saturated heterocycles. The average molecular weight is 256 g/mol. The van der Waals surface area contributed by atoms with Gasteiger partial charge in [-0.3, -0.25) is 4.57 Å². The first-order chi connectivity index (χ1) is 9.11. The second-order valence-corrected chi connectivity index (χ2v) is 4.45. The molecule has 2 heterocycles. The lowest BCUT2D eigenvalue weighted by molar-refractivity contribution is 0.618. The Labute approximate surface area is 109 Å². The number of nitrogen functional groups attached to an aromatic ring is 1. The van der Waals surface area contributed by atoms with Gasteiger partial charge in [0.25, 0.3) is 0 Å². The fourth-order valence-electron chi connectivity index (χ4n) is 2.35. The summed E-state index contributed by atoms with van der Waals surface area (Å²) in [5.74, 6) is 0.125. The van der Waals surface area contributed by atoms with Crippen LogP contribution in [0.25, 0.3) is 16.7 Å². The molecule has 0 bridgehead atoms. The summed E-state index contributed by atoms with van der Waals surface area (Å²) in [5.41, 5.74) is 8.88. The molecule has 0 aliphatic carbocycles. The summed E-state index contributed by atoms with van der Waals surface area (Å²) in [6.45, 7) is 3.86. The predicted octanol–water partition coefficient (Wildman–Crippen LogP) is 2.76. The van der Waals surface area contributed by atoms with Crippen LogP contribution in [0.3, 0.4) is 0 Å². The van der Waals surface area contributed by atoms with Crippen molar-refractivity contribution < 1.29 is 4.39 Å². The first-order valence-electron chi connectivity index (χ1n) is 5.94. The van der Waals surface area contributed by atoms with Crippen molar-refractivity contribution in [1.29, 1.82) is 0 Å². The second kappa shape index (κ2) is 4.05. The third-order valence-electron chi connectivity index (χ3n) is 3.41. The Bertz CT molecular complexity index is 776. The van der Waals surface area contributed by atoms with E-state index < -0.39 is 0 Å². The van der Waals surface area contributed by atoms with Crippen molar-refractivity contribution in [3.8, 4) is 5.69 Å². The average Bonchev–Trinajstić information content (AvgIpc) is 2.64. The van der Waals surface area contributed by atoms with Crippen molar-refractivity contribution in [2.24, 2.45) is 0 Å². The molecule has 2 N–H and O–H groups in total. The van der Waals surface area contributed by atoms with Crippen molar-refractivity contribution in [3.05, 3.63) is 47.7 Å². The number of para-hydroxylation sites is 1. The largest absolute Gasteiger partial charge is 0.383 e. The topological polar surface area (TPSA) is 56.7 Å². The van der Waals surface area contributed by atoms with Crippen LogP contribution >= 0.6 is 0 Å². The Kier molecular flexibility index (Phi) is 2.48. The number of aryl methyl sites for hydroxylation is 1. The van der Waals surface area contributed by atoms with Crippen LogP contribution in [0.2, 0.25) is 0 Å². The Balaban J connectivity index is 2.46. The lowest BCUT2D eigenvalue weighted by Gasteiger charge is -2.08. The van der Waals surface area contributed by atoms with E-state index in [0.29, 0.717) is 17.2 Å². The van der Waals surface area contributed by atoms with E-state index in [2.05, 4.69) is 9.97 Å². The van der Waals surface area contributed by atoms with Gasteiger partial charge < -0.3 is 5.73 Å². The first kappa shape index (κ1) is 11.6. The molecule has 0 radical (unpaired) electrons. The molecule has 0 fully saturated rings. The zero-order chi connectivity index (χ0) is 13.6. The summed E-state index contributed by atoms with van der Waals surface area (Å²) < 4.78 is 15.8. The Morgan fingerprint density at radius 1 is 1.16 bits per heavy atom. The molecule has 0 aliphatic heterocycles. The highest BCUT2D eigenvalue weighted by Gasteiger charge is 2.17. The van der Waals surface area contributed by atoms with Gasteiger partial charge in [-0.15, -0.1) is 0 Å². The van der Waals surface area contributed by atoms with E-state index in [1.165, 1.54) is 12.4 Å². The van der Waals surface area contributed by atoms with Crippen molar-refractivity contribution in [2.45, 2.75) is 13.8 Å². The number of anilines is 1. The third kappa shape index (κ3) is 1.58. The van der Waals surface area contributed by atoms with Gasteiger partial charge in [-0.2, -0.15) is 0 Å². The molecule has 0 saturated carbocycles. The highest BCUT2D eigenvalue weighted by molar-refractivity contribution is 5.92. The molecular formula is C14H13FN4. The van der Waals surface area contributed by atoms with Crippen LogP contribution in [0.4, 0.5) is 10.2 Å². The normalized spacial score (nSPS) is 11.1. The minimum Gasteiger partial charge on any atom is -0.383 e. The van der Waals surface area contributed by atoms with E-state index in [9.17, 15) is 4.39 Å². The first-order valence-corrected chi connectivity index (χ1v) is 5.94. The van der Waals surface area contributed by atoms with Gasteiger partial charge in [0.1, 0.15) is 18.0 Å². The number of nitrogens with zero attached hydrogens (tertiary/aromatic N) is 3. The molecule has 0 spiro atoms. The number of fused-ring (bicyclic) bond motifs is 1. The van der Waals surface area contributed by atoms with Crippen LogP contribution in [0.5, 0.6) is 0 Å². The summed E-state index contributed by atoms with van der Waals surface area (Å²) in [4.78, 5) is 8.24. The van der Waals surface area contributed by atoms with E-state index in [4.69, 9.17) is 5.73 Å². The van der Waals surface area contributed by atoms with Crippen LogP contribution in [0.1, 0.15) is 11.3 Å². The van der Waals surface area contributed by atoms with Crippen LogP contribution in [-0.2, 0) is 0 Å². The fraction of sp³-hybridized carbons (Fsp3) is 0.143. The smallest absolute Gasteiger partial charge is 0.150 e. The lowest BCUT2D eigenvalue weighted by Crippen LogP contribution is -2.01. The summed E-state index contributed by atoms with van der Waals surface area (Å²) in [6, 6.07) is 6.61. The number of rotatable bonds is 1. The highest BCUT2D eigenvalue weighted by atomic mass is 19.1. The number of halogens is 1. The number of aromatic nitrogens is 3. The van der Waals surface area contributed by atoms with E-state index >= 15 is 0 Å².